The van der Waals surface area contributed by atoms with Gasteiger partial charge >= 0.3 is 0 Å². The van der Waals surface area contributed by atoms with Crippen molar-refractivity contribution in [3.05, 3.63) is 0 Å². The van der Waals surface area contributed by atoms with Gasteiger partial charge in [0.1, 0.15) is 0 Å². The van der Waals surface area contributed by atoms with Crippen LogP contribution in [0.2, 0.25) is 0 Å². The lowest BCUT2D eigenvalue weighted by Gasteiger charge is -2.22. The molecule has 5 nitrogen and oxygen atoms in total. The summed E-state index contributed by atoms with van der Waals surface area (Å²) in [7, 11) is 0. The molecule has 0 radical (unpaired) electrons. The van der Waals surface area contributed by atoms with Crippen molar-refractivity contribution >= 4 is 11.8 Å². The first-order valence-electron chi connectivity index (χ1n) is 8.84. The lowest BCUT2D eigenvalue weighted by Crippen LogP contribution is -2.39. The van der Waals surface area contributed by atoms with Gasteiger partial charge in [-0.3, -0.25) is 9.59 Å². The summed E-state index contributed by atoms with van der Waals surface area (Å²) in [5, 5.41) is 5.94. The third kappa shape index (κ3) is 3.62. The first-order chi connectivity index (χ1) is 10.7. The largest absolute Gasteiger partial charge is 0.381 e. The van der Waals surface area contributed by atoms with Gasteiger partial charge in [-0.1, -0.05) is 19.3 Å². The molecular weight excluding hydrogens is 280 g/mol. The molecule has 3 fully saturated rings. The minimum absolute atomic E-state index is 0.161. The van der Waals surface area contributed by atoms with Gasteiger partial charge in [-0.15, -0.1) is 0 Å². The fraction of sp³-hybridized carbons (Fsp3) is 0.882. The van der Waals surface area contributed by atoms with Gasteiger partial charge in [0.15, 0.2) is 0 Å². The summed E-state index contributed by atoms with van der Waals surface area (Å²) in [6, 6.07) is 0. The van der Waals surface area contributed by atoms with Crippen LogP contribution in [0.4, 0.5) is 0 Å². The topological polar surface area (TPSA) is 67.4 Å². The lowest BCUT2D eigenvalue weighted by molar-refractivity contribution is -0.126. The number of hydrogen-bond donors (Lipinski definition) is 2. The number of carbonyl (C=O) groups excluding carboxylic acids is 2. The maximum Gasteiger partial charge on any atom is 0.223 e. The summed E-state index contributed by atoms with van der Waals surface area (Å²) in [4.78, 5) is 24.2. The molecule has 3 rings (SSSR count). The molecule has 2 amide bonds. The molecule has 3 aliphatic rings. The van der Waals surface area contributed by atoms with E-state index in [1.165, 1.54) is 19.3 Å². The molecule has 0 aromatic carbocycles. The summed E-state index contributed by atoms with van der Waals surface area (Å²) in [5.41, 5.74) is 0.230. The van der Waals surface area contributed by atoms with Crippen molar-refractivity contribution in [1.82, 2.24) is 10.6 Å². The van der Waals surface area contributed by atoms with E-state index in [0.29, 0.717) is 13.1 Å². The monoisotopic (exact) mass is 308 g/mol. The van der Waals surface area contributed by atoms with E-state index in [1.54, 1.807) is 0 Å². The summed E-state index contributed by atoms with van der Waals surface area (Å²) < 4.78 is 5.38. The molecule has 124 valence electrons. The number of nitrogens with one attached hydrogen (secondary N) is 2. The van der Waals surface area contributed by atoms with Gasteiger partial charge in [0, 0.05) is 38.1 Å². The molecule has 0 aromatic rings. The molecule has 0 bridgehead atoms. The first-order valence-corrected chi connectivity index (χ1v) is 8.84. The van der Waals surface area contributed by atoms with Crippen molar-refractivity contribution in [3.63, 3.8) is 0 Å². The zero-order valence-electron chi connectivity index (χ0n) is 13.4. The van der Waals surface area contributed by atoms with Gasteiger partial charge in [-0.05, 0) is 37.5 Å². The van der Waals surface area contributed by atoms with Crippen LogP contribution in [0.25, 0.3) is 0 Å². The van der Waals surface area contributed by atoms with Crippen molar-refractivity contribution in [2.75, 3.05) is 26.3 Å². The second kappa shape index (κ2) is 6.99. The molecular formula is C17H28N2O3. The molecule has 1 atom stereocenters. The Morgan fingerprint density at radius 2 is 1.59 bits per heavy atom. The van der Waals surface area contributed by atoms with Crippen LogP contribution in [-0.2, 0) is 14.3 Å². The molecule has 2 saturated carbocycles. The zero-order valence-corrected chi connectivity index (χ0v) is 13.4. The van der Waals surface area contributed by atoms with E-state index >= 15 is 0 Å². The van der Waals surface area contributed by atoms with Crippen LogP contribution in [0.15, 0.2) is 0 Å². The second-order valence-electron chi connectivity index (χ2n) is 7.15. The van der Waals surface area contributed by atoms with E-state index in [2.05, 4.69) is 10.6 Å². The second-order valence-corrected chi connectivity index (χ2v) is 7.15. The predicted molar refractivity (Wildman–Crippen MR) is 83.2 cm³/mol. The molecule has 1 aliphatic heterocycles. The maximum atomic E-state index is 12.2. The average Bonchev–Trinajstić information content (AvgIpc) is 3.26. The van der Waals surface area contributed by atoms with Crippen molar-refractivity contribution in [1.29, 1.82) is 0 Å². The highest BCUT2D eigenvalue weighted by Crippen LogP contribution is 2.59. The van der Waals surface area contributed by atoms with Crippen molar-refractivity contribution < 1.29 is 14.3 Å². The number of rotatable bonds is 5. The van der Waals surface area contributed by atoms with Crippen LogP contribution in [0.5, 0.6) is 0 Å². The average molecular weight is 308 g/mol. The quantitative estimate of drug-likeness (QED) is 0.758. The van der Waals surface area contributed by atoms with Crippen LogP contribution in [0.1, 0.15) is 51.4 Å². The SMILES string of the molecule is O=C(NCCNC(=O)C1CC12CCOCC2)C1CCCCC1. The number of hydrogen-bond acceptors (Lipinski definition) is 3. The fourth-order valence-electron chi connectivity index (χ4n) is 4.05. The third-order valence-corrected chi connectivity index (χ3v) is 5.69. The van der Waals surface area contributed by atoms with Crippen LogP contribution in [0.3, 0.4) is 0 Å². The van der Waals surface area contributed by atoms with Crippen LogP contribution >= 0.6 is 0 Å². The molecule has 1 spiro atoms. The van der Waals surface area contributed by atoms with Crippen molar-refractivity contribution in [2.24, 2.45) is 17.3 Å². The van der Waals surface area contributed by atoms with E-state index in [0.717, 1.165) is 45.3 Å². The van der Waals surface area contributed by atoms with Gasteiger partial charge in [-0.25, -0.2) is 0 Å². The fourth-order valence-corrected chi connectivity index (χ4v) is 4.05. The summed E-state index contributed by atoms with van der Waals surface area (Å²) >= 11 is 0. The maximum absolute atomic E-state index is 12.2. The third-order valence-electron chi connectivity index (χ3n) is 5.69. The number of ether oxygens (including phenoxy) is 1. The van der Waals surface area contributed by atoms with E-state index in [4.69, 9.17) is 4.74 Å². The van der Waals surface area contributed by atoms with Gasteiger partial charge in [0.25, 0.3) is 0 Å². The van der Waals surface area contributed by atoms with Crippen LogP contribution in [0, 0.1) is 17.3 Å². The zero-order chi connectivity index (χ0) is 15.4. The molecule has 0 aromatic heterocycles. The minimum atomic E-state index is 0.161. The number of amides is 2. The Morgan fingerprint density at radius 3 is 2.27 bits per heavy atom. The Bertz CT molecular complexity index is 412. The van der Waals surface area contributed by atoms with E-state index < -0.39 is 0 Å². The Balaban J connectivity index is 1.30. The van der Waals surface area contributed by atoms with E-state index in [9.17, 15) is 9.59 Å². The lowest BCUT2D eigenvalue weighted by atomic mass is 9.89. The number of carbonyl (C=O) groups is 2. The summed E-state index contributed by atoms with van der Waals surface area (Å²) in [6.45, 7) is 2.67. The highest BCUT2D eigenvalue weighted by molar-refractivity contribution is 5.82. The normalized spacial score (nSPS) is 27.4. The van der Waals surface area contributed by atoms with Crippen LogP contribution < -0.4 is 10.6 Å². The van der Waals surface area contributed by atoms with Crippen molar-refractivity contribution in [2.45, 2.75) is 51.4 Å². The van der Waals surface area contributed by atoms with Gasteiger partial charge in [-0.2, -0.15) is 0 Å². The molecule has 1 heterocycles. The molecule has 1 unspecified atom stereocenters. The summed E-state index contributed by atoms with van der Waals surface area (Å²) in [5.74, 6) is 0.693. The molecule has 1 saturated heterocycles. The predicted octanol–water partition coefficient (Wildman–Crippen LogP) is 1.62. The molecule has 22 heavy (non-hydrogen) atoms. The smallest absolute Gasteiger partial charge is 0.223 e. The van der Waals surface area contributed by atoms with Gasteiger partial charge < -0.3 is 15.4 Å². The van der Waals surface area contributed by atoms with Crippen LogP contribution in [-0.4, -0.2) is 38.1 Å². The van der Waals surface area contributed by atoms with E-state index in [-0.39, 0.29) is 29.1 Å². The molecule has 2 aliphatic carbocycles. The van der Waals surface area contributed by atoms with Gasteiger partial charge in [0.2, 0.25) is 11.8 Å². The first kappa shape index (κ1) is 15.8. The minimum Gasteiger partial charge on any atom is -0.381 e. The Labute approximate surface area is 132 Å². The van der Waals surface area contributed by atoms with E-state index in [1.807, 2.05) is 0 Å². The summed E-state index contributed by atoms with van der Waals surface area (Å²) in [6.07, 6.45) is 8.68. The molecule has 5 heteroatoms. The highest BCUT2D eigenvalue weighted by Gasteiger charge is 2.57. The highest BCUT2D eigenvalue weighted by atomic mass is 16.5. The van der Waals surface area contributed by atoms with Gasteiger partial charge in [0.05, 0.1) is 0 Å². The standard InChI is InChI=1S/C17H28N2O3/c20-15(13-4-2-1-3-5-13)18-8-9-19-16(21)14-12-17(14)6-10-22-11-7-17/h13-14H,1-12H2,(H,18,20)(H,19,21). The molecule has 2 N–H and O–H groups in total. The van der Waals surface area contributed by atoms with Crippen molar-refractivity contribution in [3.8, 4) is 0 Å². The Hall–Kier alpha value is -1.10. The Morgan fingerprint density at radius 1 is 0.955 bits per heavy atom. The Kier molecular flexibility index (Phi) is 5.01.